The fourth-order valence-electron chi connectivity index (χ4n) is 1.24. The maximum absolute atomic E-state index is 11.8. The van der Waals surface area contributed by atoms with Crippen LogP contribution in [0.25, 0.3) is 0 Å². The van der Waals surface area contributed by atoms with Gasteiger partial charge in [0.05, 0.1) is 18.1 Å². The SMILES string of the molecule is Nc1ccc(C(=O)Nc2cncnc2)cc1Br. The summed E-state index contributed by atoms with van der Waals surface area (Å²) in [7, 11) is 0. The number of anilines is 2. The van der Waals surface area contributed by atoms with Crippen LogP contribution in [0.1, 0.15) is 10.4 Å². The average Bonchev–Trinajstić information content (AvgIpc) is 2.34. The molecule has 0 radical (unpaired) electrons. The van der Waals surface area contributed by atoms with E-state index in [0.29, 0.717) is 21.4 Å². The van der Waals surface area contributed by atoms with E-state index in [9.17, 15) is 4.79 Å². The Balaban J connectivity index is 2.18. The number of nitrogens with one attached hydrogen (secondary N) is 1. The Kier molecular flexibility index (Phi) is 3.34. The highest BCUT2D eigenvalue weighted by Crippen LogP contribution is 2.20. The number of hydrogen-bond donors (Lipinski definition) is 2. The molecule has 6 heteroatoms. The number of hydrogen-bond acceptors (Lipinski definition) is 4. The molecule has 0 aliphatic rings. The van der Waals surface area contributed by atoms with Crippen LogP contribution in [0.5, 0.6) is 0 Å². The zero-order valence-electron chi connectivity index (χ0n) is 8.72. The first-order chi connectivity index (χ1) is 8.16. The first-order valence-corrected chi connectivity index (χ1v) is 5.57. The van der Waals surface area contributed by atoms with Gasteiger partial charge in [0.2, 0.25) is 0 Å². The van der Waals surface area contributed by atoms with Gasteiger partial charge in [-0.3, -0.25) is 4.79 Å². The van der Waals surface area contributed by atoms with Gasteiger partial charge in [-0.15, -0.1) is 0 Å². The Hall–Kier alpha value is -1.95. The molecule has 0 aliphatic carbocycles. The van der Waals surface area contributed by atoms with Crippen LogP contribution in [-0.2, 0) is 0 Å². The van der Waals surface area contributed by atoms with Crippen molar-refractivity contribution in [2.45, 2.75) is 0 Å². The molecule has 0 aliphatic heterocycles. The zero-order valence-corrected chi connectivity index (χ0v) is 10.3. The molecule has 0 saturated carbocycles. The lowest BCUT2D eigenvalue weighted by Crippen LogP contribution is -2.12. The van der Waals surface area contributed by atoms with Gasteiger partial charge in [-0.2, -0.15) is 0 Å². The lowest BCUT2D eigenvalue weighted by atomic mass is 10.2. The first-order valence-electron chi connectivity index (χ1n) is 4.78. The highest BCUT2D eigenvalue weighted by Gasteiger charge is 2.07. The number of halogens is 1. The molecule has 0 spiro atoms. The van der Waals surface area contributed by atoms with Crippen molar-refractivity contribution in [1.82, 2.24) is 9.97 Å². The number of carbonyl (C=O) groups is 1. The number of amides is 1. The van der Waals surface area contributed by atoms with Gasteiger partial charge in [-0.25, -0.2) is 9.97 Å². The first kappa shape index (κ1) is 11.5. The van der Waals surface area contributed by atoms with Gasteiger partial charge >= 0.3 is 0 Å². The Morgan fingerprint density at radius 3 is 2.65 bits per heavy atom. The maximum atomic E-state index is 11.8. The molecule has 5 nitrogen and oxygen atoms in total. The van der Waals surface area contributed by atoms with Gasteiger partial charge in [0.15, 0.2) is 0 Å². The fraction of sp³-hybridized carbons (Fsp3) is 0. The number of carbonyl (C=O) groups excluding carboxylic acids is 1. The smallest absolute Gasteiger partial charge is 0.255 e. The van der Waals surface area contributed by atoms with Crippen molar-refractivity contribution in [3.63, 3.8) is 0 Å². The van der Waals surface area contributed by atoms with Crippen LogP contribution < -0.4 is 11.1 Å². The highest BCUT2D eigenvalue weighted by molar-refractivity contribution is 9.10. The third-order valence-electron chi connectivity index (χ3n) is 2.08. The van der Waals surface area contributed by atoms with Crippen LogP contribution in [0.2, 0.25) is 0 Å². The number of nitrogens with zero attached hydrogens (tertiary/aromatic N) is 2. The van der Waals surface area contributed by atoms with E-state index in [2.05, 4.69) is 31.2 Å². The topological polar surface area (TPSA) is 80.9 Å². The summed E-state index contributed by atoms with van der Waals surface area (Å²) in [6, 6.07) is 4.98. The van der Waals surface area contributed by atoms with E-state index in [-0.39, 0.29) is 5.91 Å². The average molecular weight is 293 g/mol. The molecule has 2 aromatic rings. The molecule has 1 amide bonds. The molecular formula is C11H9BrN4O. The largest absolute Gasteiger partial charge is 0.398 e. The zero-order chi connectivity index (χ0) is 12.3. The Bertz CT molecular complexity index is 544. The van der Waals surface area contributed by atoms with Crippen LogP contribution in [0.4, 0.5) is 11.4 Å². The number of rotatable bonds is 2. The molecule has 3 N–H and O–H groups in total. The molecule has 1 aromatic carbocycles. The summed E-state index contributed by atoms with van der Waals surface area (Å²) in [5.74, 6) is -0.236. The van der Waals surface area contributed by atoms with Crippen molar-refractivity contribution in [3.05, 3.63) is 47.0 Å². The van der Waals surface area contributed by atoms with E-state index >= 15 is 0 Å². The number of nitrogens with two attached hydrogens (primary N) is 1. The minimum atomic E-state index is -0.236. The van der Waals surface area contributed by atoms with Gasteiger partial charge < -0.3 is 11.1 Å². The summed E-state index contributed by atoms with van der Waals surface area (Å²) in [4.78, 5) is 19.5. The van der Waals surface area contributed by atoms with E-state index in [1.807, 2.05) is 0 Å². The Morgan fingerprint density at radius 2 is 2.00 bits per heavy atom. The number of benzene rings is 1. The lowest BCUT2D eigenvalue weighted by Gasteiger charge is -2.05. The van der Waals surface area contributed by atoms with Gasteiger partial charge in [-0.1, -0.05) is 0 Å². The van der Waals surface area contributed by atoms with Crippen molar-refractivity contribution >= 4 is 33.2 Å². The second-order valence-corrected chi connectivity index (χ2v) is 4.17. The summed E-state index contributed by atoms with van der Waals surface area (Å²) in [5.41, 5.74) is 7.29. The molecule has 0 fully saturated rings. The molecule has 0 bridgehead atoms. The molecule has 86 valence electrons. The summed E-state index contributed by atoms with van der Waals surface area (Å²) in [6.45, 7) is 0. The maximum Gasteiger partial charge on any atom is 0.255 e. The fourth-order valence-corrected chi connectivity index (χ4v) is 1.61. The van der Waals surface area contributed by atoms with E-state index in [4.69, 9.17) is 5.73 Å². The Labute approximate surface area is 106 Å². The van der Waals surface area contributed by atoms with Crippen LogP contribution in [0, 0.1) is 0 Å². The third kappa shape index (κ3) is 2.79. The molecule has 0 saturated heterocycles. The summed E-state index contributed by atoms with van der Waals surface area (Å²) >= 11 is 3.27. The van der Waals surface area contributed by atoms with Crippen LogP contribution in [-0.4, -0.2) is 15.9 Å². The molecule has 0 atom stereocenters. The number of aromatic nitrogens is 2. The molecule has 2 rings (SSSR count). The minimum Gasteiger partial charge on any atom is -0.398 e. The van der Waals surface area contributed by atoms with Gasteiger partial charge in [0, 0.05) is 15.7 Å². The second kappa shape index (κ2) is 4.92. The second-order valence-electron chi connectivity index (χ2n) is 3.32. The van der Waals surface area contributed by atoms with Crippen LogP contribution >= 0.6 is 15.9 Å². The van der Waals surface area contributed by atoms with Crippen molar-refractivity contribution in [2.75, 3.05) is 11.1 Å². The van der Waals surface area contributed by atoms with E-state index < -0.39 is 0 Å². The van der Waals surface area contributed by atoms with E-state index in [0.717, 1.165) is 0 Å². The van der Waals surface area contributed by atoms with Gasteiger partial charge in [0.1, 0.15) is 6.33 Å². The van der Waals surface area contributed by atoms with E-state index in [1.54, 1.807) is 18.2 Å². The molecule has 1 heterocycles. The monoisotopic (exact) mass is 292 g/mol. The molecule has 17 heavy (non-hydrogen) atoms. The lowest BCUT2D eigenvalue weighted by molar-refractivity contribution is 0.102. The predicted molar refractivity (Wildman–Crippen MR) is 68.5 cm³/mol. The Morgan fingerprint density at radius 1 is 1.29 bits per heavy atom. The van der Waals surface area contributed by atoms with Crippen LogP contribution in [0.3, 0.4) is 0 Å². The van der Waals surface area contributed by atoms with Crippen LogP contribution in [0.15, 0.2) is 41.4 Å². The minimum absolute atomic E-state index is 0.236. The predicted octanol–water partition coefficient (Wildman–Crippen LogP) is 2.07. The highest BCUT2D eigenvalue weighted by atomic mass is 79.9. The van der Waals surface area contributed by atoms with Crippen molar-refractivity contribution in [3.8, 4) is 0 Å². The summed E-state index contributed by atoms with van der Waals surface area (Å²) in [6.07, 6.45) is 4.45. The van der Waals surface area contributed by atoms with Gasteiger partial charge in [0.25, 0.3) is 5.91 Å². The summed E-state index contributed by atoms with van der Waals surface area (Å²) < 4.78 is 0.689. The van der Waals surface area contributed by atoms with Crippen molar-refractivity contribution < 1.29 is 4.79 Å². The molecule has 1 aromatic heterocycles. The van der Waals surface area contributed by atoms with Crippen molar-refractivity contribution in [2.24, 2.45) is 0 Å². The van der Waals surface area contributed by atoms with E-state index in [1.165, 1.54) is 18.7 Å². The quantitative estimate of drug-likeness (QED) is 0.831. The van der Waals surface area contributed by atoms with Gasteiger partial charge in [-0.05, 0) is 34.1 Å². The third-order valence-corrected chi connectivity index (χ3v) is 2.77. The molecule has 0 unspecified atom stereocenters. The molecular weight excluding hydrogens is 284 g/mol. The van der Waals surface area contributed by atoms with Crippen molar-refractivity contribution in [1.29, 1.82) is 0 Å². The normalized spacial score (nSPS) is 9.94. The standard InChI is InChI=1S/C11H9BrN4O/c12-9-3-7(1-2-10(9)13)11(17)16-8-4-14-6-15-5-8/h1-6H,13H2,(H,16,17). The summed E-state index contributed by atoms with van der Waals surface area (Å²) in [5, 5.41) is 2.68. The number of nitrogen functional groups attached to an aromatic ring is 1.